The first kappa shape index (κ1) is 21.3. The van der Waals surface area contributed by atoms with Gasteiger partial charge in [-0.3, -0.25) is 4.79 Å². The van der Waals surface area contributed by atoms with Gasteiger partial charge in [-0.1, -0.05) is 15.9 Å². The Morgan fingerprint density at radius 1 is 1.14 bits per heavy atom. The molecule has 1 heterocycles. The van der Waals surface area contributed by atoms with E-state index in [-0.39, 0.29) is 16.3 Å². The molecule has 2 aromatic carbocycles. The van der Waals surface area contributed by atoms with Gasteiger partial charge in [0.1, 0.15) is 12.1 Å². The van der Waals surface area contributed by atoms with Crippen LogP contribution in [0.3, 0.4) is 0 Å². The molecule has 3 rings (SSSR count). The zero-order valence-corrected chi connectivity index (χ0v) is 17.2. The molecule has 3 aromatic rings. The van der Waals surface area contributed by atoms with Crippen LogP contribution in [0.25, 0.3) is 11.0 Å². The predicted molar refractivity (Wildman–Crippen MR) is 104 cm³/mol. The Morgan fingerprint density at radius 3 is 2.41 bits per heavy atom. The first-order chi connectivity index (χ1) is 13.5. The number of sulfonamides is 1. The van der Waals surface area contributed by atoms with Gasteiger partial charge in [-0.15, -0.1) is 0 Å². The number of fused-ring (bicyclic) bond motifs is 1. The highest BCUT2D eigenvalue weighted by atomic mass is 79.9. The fraction of sp³-hybridized carbons (Fsp3) is 0.167. The van der Waals surface area contributed by atoms with Gasteiger partial charge in [0.25, 0.3) is 5.91 Å². The number of hydrogen-bond acceptors (Lipinski definition) is 4. The van der Waals surface area contributed by atoms with E-state index in [9.17, 15) is 26.4 Å². The number of furan rings is 1. The number of nitrogens with one attached hydrogen (secondary N) is 2. The number of amides is 1. The van der Waals surface area contributed by atoms with Crippen LogP contribution < -0.4 is 10.0 Å². The molecule has 0 aliphatic rings. The Hall–Kier alpha value is -2.37. The molecule has 0 saturated carbocycles. The summed E-state index contributed by atoms with van der Waals surface area (Å²) < 4.78 is 68.3. The van der Waals surface area contributed by atoms with Crippen molar-refractivity contribution in [1.29, 1.82) is 0 Å². The average Bonchev–Trinajstić information content (AvgIpc) is 2.96. The van der Waals surface area contributed by atoms with E-state index in [1.54, 1.807) is 19.1 Å². The van der Waals surface area contributed by atoms with E-state index < -0.39 is 28.7 Å². The van der Waals surface area contributed by atoms with E-state index >= 15 is 0 Å². The van der Waals surface area contributed by atoms with Crippen molar-refractivity contribution >= 4 is 48.5 Å². The van der Waals surface area contributed by atoms with Gasteiger partial charge in [-0.25, -0.2) is 13.1 Å². The van der Waals surface area contributed by atoms with Gasteiger partial charge < -0.3 is 9.73 Å². The molecule has 2 N–H and O–H groups in total. The molecular formula is C18H14BrF3N2O4S. The summed E-state index contributed by atoms with van der Waals surface area (Å²) in [4.78, 5) is 12.2. The van der Waals surface area contributed by atoms with E-state index in [1.807, 2.05) is 6.07 Å². The first-order valence-corrected chi connectivity index (χ1v) is 10.4. The van der Waals surface area contributed by atoms with E-state index in [4.69, 9.17) is 4.42 Å². The van der Waals surface area contributed by atoms with Crippen LogP contribution in [0.1, 0.15) is 16.1 Å². The highest BCUT2D eigenvalue weighted by molar-refractivity contribution is 9.10. The van der Waals surface area contributed by atoms with Crippen molar-refractivity contribution in [3.63, 3.8) is 0 Å². The summed E-state index contributed by atoms with van der Waals surface area (Å²) in [6.45, 7) is 0.0600. The third kappa shape index (κ3) is 4.98. The van der Waals surface area contributed by atoms with Crippen LogP contribution in [0.4, 0.5) is 18.9 Å². The lowest BCUT2D eigenvalue weighted by Gasteiger charge is -2.10. The smallest absolute Gasteiger partial charge is 0.402 e. The van der Waals surface area contributed by atoms with Crippen LogP contribution in [0, 0.1) is 6.92 Å². The van der Waals surface area contributed by atoms with Crippen molar-refractivity contribution in [1.82, 2.24) is 4.72 Å². The van der Waals surface area contributed by atoms with Gasteiger partial charge >= 0.3 is 6.18 Å². The van der Waals surface area contributed by atoms with E-state index in [1.165, 1.54) is 16.9 Å². The molecule has 0 spiro atoms. The SMILES string of the molecule is Cc1c(C(=O)Nc2ccc(S(=O)(=O)NCC(F)(F)F)cc2)oc2ccc(Br)cc12. The zero-order chi connectivity index (χ0) is 21.4. The number of alkyl halides is 3. The molecule has 0 aliphatic heterocycles. The van der Waals surface area contributed by atoms with Crippen molar-refractivity contribution in [3.05, 3.63) is 58.3 Å². The zero-order valence-electron chi connectivity index (χ0n) is 14.8. The first-order valence-electron chi connectivity index (χ1n) is 8.13. The van der Waals surface area contributed by atoms with Crippen LogP contribution >= 0.6 is 15.9 Å². The maximum Gasteiger partial charge on any atom is 0.402 e. The van der Waals surface area contributed by atoms with Crippen LogP contribution in [0.15, 0.2) is 56.2 Å². The maximum absolute atomic E-state index is 12.5. The number of carbonyl (C=O) groups is 1. The normalized spacial score (nSPS) is 12.3. The summed E-state index contributed by atoms with van der Waals surface area (Å²) in [6.07, 6.45) is -4.67. The third-order valence-electron chi connectivity index (χ3n) is 3.99. The number of rotatable bonds is 5. The van der Waals surface area contributed by atoms with Gasteiger partial charge in [0, 0.05) is 21.1 Å². The monoisotopic (exact) mass is 490 g/mol. The number of aryl methyl sites for hydroxylation is 1. The van der Waals surface area contributed by atoms with Gasteiger partial charge in [0.15, 0.2) is 5.76 Å². The summed E-state index contributed by atoms with van der Waals surface area (Å²) in [7, 11) is -4.32. The lowest BCUT2D eigenvalue weighted by atomic mass is 10.1. The number of carbonyl (C=O) groups excluding carboxylic acids is 1. The largest absolute Gasteiger partial charge is 0.451 e. The fourth-order valence-electron chi connectivity index (χ4n) is 2.58. The lowest BCUT2D eigenvalue weighted by molar-refractivity contribution is -0.121. The molecule has 6 nitrogen and oxygen atoms in total. The quantitative estimate of drug-likeness (QED) is 0.547. The van der Waals surface area contributed by atoms with E-state index in [0.717, 1.165) is 22.0 Å². The maximum atomic E-state index is 12.5. The molecule has 11 heteroatoms. The van der Waals surface area contributed by atoms with Crippen LogP contribution in [-0.2, 0) is 10.0 Å². The molecule has 0 radical (unpaired) electrons. The van der Waals surface area contributed by atoms with Crippen molar-refractivity contribution in [2.24, 2.45) is 0 Å². The Bertz CT molecular complexity index is 1170. The van der Waals surface area contributed by atoms with Gasteiger partial charge in [-0.2, -0.15) is 13.2 Å². The van der Waals surface area contributed by atoms with E-state index in [2.05, 4.69) is 21.2 Å². The summed E-state index contributed by atoms with van der Waals surface area (Å²) in [5.41, 5.74) is 1.42. The van der Waals surface area contributed by atoms with Crippen LogP contribution in [0.5, 0.6) is 0 Å². The number of halogens is 4. The molecule has 29 heavy (non-hydrogen) atoms. The molecule has 0 bridgehead atoms. The number of benzene rings is 2. The summed E-state index contributed by atoms with van der Waals surface area (Å²) in [5.74, 6) is -0.442. The molecular weight excluding hydrogens is 477 g/mol. The molecule has 0 fully saturated rings. The second-order valence-corrected chi connectivity index (χ2v) is 8.80. The van der Waals surface area contributed by atoms with E-state index in [0.29, 0.717) is 11.1 Å². The summed E-state index contributed by atoms with van der Waals surface area (Å²) in [5, 5.41) is 3.34. The topological polar surface area (TPSA) is 88.4 Å². The van der Waals surface area contributed by atoms with Crippen molar-refractivity contribution in [3.8, 4) is 0 Å². The highest BCUT2D eigenvalue weighted by Crippen LogP contribution is 2.28. The molecule has 0 atom stereocenters. The van der Waals surface area contributed by atoms with Crippen LogP contribution in [-0.4, -0.2) is 27.0 Å². The fourth-order valence-corrected chi connectivity index (χ4v) is 3.95. The van der Waals surface area contributed by atoms with Crippen LogP contribution in [0.2, 0.25) is 0 Å². The molecule has 0 saturated heterocycles. The summed E-state index contributed by atoms with van der Waals surface area (Å²) >= 11 is 3.35. The molecule has 0 aliphatic carbocycles. The van der Waals surface area contributed by atoms with Crippen molar-refractivity contribution < 1.29 is 30.8 Å². The van der Waals surface area contributed by atoms with Gasteiger partial charge in [-0.05, 0) is 49.4 Å². The third-order valence-corrected chi connectivity index (χ3v) is 5.90. The Balaban J connectivity index is 1.76. The minimum absolute atomic E-state index is 0.0987. The standard InChI is InChI=1S/C18H14BrF3N2O4S/c1-10-14-8-11(19)2-7-15(14)28-16(10)17(25)24-12-3-5-13(6-4-12)29(26,27)23-9-18(20,21)22/h2-8,23H,9H2,1H3,(H,24,25). The van der Waals surface area contributed by atoms with Crippen molar-refractivity contribution in [2.75, 3.05) is 11.9 Å². The lowest BCUT2D eigenvalue weighted by Crippen LogP contribution is -2.33. The number of anilines is 1. The second-order valence-electron chi connectivity index (χ2n) is 6.11. The molecule has 0 unspecified atom stereocenters. The second kappa shape index (κ2) is 7.81. The average molecular weight is 491 g/mol. The highest BCUT2D eigenvalue weighted by Gasteiger charge is 2.30. The Labute approximate surface area is 172 Å². The minimum Gasteiger partial charge on any atom is -0.451 e. The molecule has 1 amide bonds. The van der Waals surface area contributed by atoms with Gasteiger partial charge in [0.05, 0.1) is 4.90 Å². The predicted octanol–water partition coefficient (Wildman–Crippen LogP) is 4.60. The van der Waals surface area contributed by atoms with Gasteiger partial charge in [0.2, 0.25) is 10.0 Å². The number of hydrogen-bond donors (Lipinski definition) is 2. The van der Waals surface area contributed by atoms with Crippen molar-refractivity contribution in [2.45, 2.75) is 18.0 Å². The Kier molecular flexibility index (Phi) is 5.74. The summed E-state index contributed by atoms with van der Waals surface area (Å²) in [6, 6.07) is 10.0. The molecule has 1 aromatic heterocycles. The molecule has 154 valence electrons. The Morgan fingerprint density at radius 2 is 1.79 bits per heavy atom. The minimum atomic E-state index is -4.67.